The summed E-state index contributed by atoms with van der Waals surface area (Å²) < 4.78 is 33.2. The highest BCUT2D eigenvalue weighted by Crippen LogP contribution is 2.24. The Morgan fingerprint density at radius 1 is 1.09 bits per heavy atom. The predicted octanol–water partition coefficient (Wildman–Crippen LogP) is 2.79. The van der Waals surface area contributed by atoms with Crippen LogP contribution < -0.4 is 14.8 Å². The van der Waals surface area contributed by atoms with Crippen LogP contribution in [-0.4, -0.2) is 57.3 Å². The van der Waals surface area contributed by atoms with E-state index in [4.69, 9.17) is 4.74 Å². The monoisotopic (exact) mass is 486 g/mol. The lowest BCUT2D eigenvalue weighted by molar-refractivity contribution is -0.123. The summed E-state index contributed by atoms with van der Waals surface area (Å²) in [5.74, 6) is 0.527. The maximum atomic E-state index is 13.1. The van der Waals surface area contributed by atoms with Crippen LogP contribution in [0.4, 0.5) is 0 Å². The SMILES string of the molecule is CCN(CC)CCOc1ccccc1CNC(=O)[C@H](N=C1NS(=O)(=O)c2ccccc21)C(C)C. The predicted molar refractivity (Wildman–Crippen MR) is 133 cm³/mol. The number of aliphatic imine (C=N–C) groups is 1. The number of amidine groups is 1. The molecule has 0 spiro atoms. The van der Waals surface area contributed by atoms with Gasteiger partial charge in [0.25, 0.3) is 10.0 Å². The number of amides is 1. The highest BCUT2D eigenvalue weighted by atomic mass is 32.2. The van der Waals surface area contributed by atoms with Crippen molar-refractivity contribution in [2.45, 2.75) is 45.2 Å². The van der Waals surface area contributed by atoms with Crippen molar-refractivity contribution >= 4 is 21.8 Å². The van der Waals surface area contributed by atoms with Gasteiger partial charge in [0.15, 0.2) is 0 Å². The molecule has 184 valence electrons. The van der Waals surface area contributed by atoms with Crippen LogP contribution in [-0.2, 0) is 21.4 Å². The summed E-state index contributed by atoms with van der Waals surface area (Å²) in [5.41, 5.74) is 1.35. The number of likely N-dealkylation sites (N-methyl/N-ethyl adjacent to an activating group) is 1. The lowest BCUT2D eigenvalue weighted by atomic mass is 10.0. The Morgan fingerprint density at radius 2 is 1.76 bits per heavy atom. The molecule has 2 aromatic rings. The van der Waals surface area contributed by atoms with E-state index in [0.29, 0.717) is 12.2 Å². The second-order valence-electron chi connectivity index (χ2n) is 8.47. The molecule has 0 aliphatic carbocycles. The third kappa shape index (κ3) is 6.15. The van der Waals surface area contributed by atoms with Gasteiger partial charge in [-0.05, 0) is 37.2 Å². The van der Waals surface area contributed by atoms with Gasteiger partial charge >= 0.3 is 0 Å². The van der Waals surface area contributed by atoms with Gasteiger partial charge in [0.05, 0.1) is 4.90 Å². The quantitative estimate of drug-likeness (QED) is 0.509. The first-order chi connectivity index (χ1) is 16.3. The Hall–Kier alpha value is -2.91. The van der Waals surface area contributed by atoms with E-state index in [9.17, 15) is 13.2 Å². The van der Waals surface area contributed by atoms with E-state index < -0.39 is 16.1 Å². The van der Waals surface area contributed by atoms with Crippen molar-refractivity contribution < 1.29 is 17.9 Å². The van der Waals surface area contributed by atoms with Crippen LogP contribution in [0.2, 0.25) is 0 Å². The normalized spacial score (nSPS) is 16.4. The highest BCUT2D eigenvalue weighted by molar-refractivity contribution is 7.90. The zero-order valence-corrected chi connectivity index (χ0v) is 21.1. The highest BCUT2D eigenvalue weighted by Gasteiger charge is 2.32. The van der Waals surface area contributed by atoms with Crippen molar-refractivity contribution in [2.24, 2.45) is 10.9 Å². The summed E-state index contributed by atoms with van der Waals surface area (Å²) in [6.45, 7) is 11.6. The first-order valence-electron chi connectivity index (χ1n) is 11.7. The topological polar surface area (TPSA) is 100 Å². The fourth-order valence-corrected chi connectivity index (χ4v) is 5.02. The summed E-state index contributed by atoms with van der Waals surface area (Å²) in [6, 6.07) is 13.5. The Kier molecular flexibility index (Phi) is 8.68. The molecule has 1 amide bonds. The minimum absolute atomic E-state index is 0.134. The van der Waals surface area contributed by atoms with Crippen molar-refractivity contribution in [1.82, 2.24) is 14.9 Å². The molecule has 0 bridgehead atoms. The number of para-hydroxylation sites is 1. The standard InChI is InChI=1S/C25H34N4O4S/c1-5-29(6-2)15-16-33-21-13-9-7-11-19(21)17-26-25(30)23(18(3)4)27-24-20-12-8-10-14-22(20)34(31,32)28-24/h7-14,18,23H,5-6,15-17H2,1-4H3,(H,26,30)(H,27,28)/t23-/m1/s1. The number of benzene rings is 2. The van der Waals surface area contributed by atoms with E-state index in [0.717, 1.165) is 30.9 Å². The van der Waals surface area contributed by atoms with E-state index in [-0.39, 0.29) is 29.1 Å². The van der Waals surface area contributed by atoms with Crippen molar-refractivity contribution in [2.75, 3.05) is 26.2 Å². The van der Waals surface area contributed by atoms with Gasteiger partial charge in [-0.2, -0.15) is 0 Å². The molecule has 8 nitrogen and oxygen atoms in total. The average Bonchev–Trinajstić information content (AvgIpc) is 3.09. The third-order valence-corrected chi connectivity index (χ3v) is 7.21. The molecule has 0 aromatic heterocycles. The van der Waals surface area contributed by atoms with Crippen molar-refractivity contribution in [1.29, 1.82) is 0 Å². The maximum absolute atomic E-state index is 13.1. The van der Waals surface area contributed by atoms with E-state index in [1.807, 2.05) is 38.1 Å². The lowest BCUT2D eigenvalue weighted by Gasteiger charge is -2.20. The summed E-state index contributed by atoms with van der Waals surface area (Å²) in [7, 11) is -3.66. The zero-order valence-electron chi connectivity index (χ0n) is 20.2. The number of ether oxygens (including phenoxy) is 1. The number of carbonyl (C=O) groups excluding carboxylic acids is 1. The summed E-state index contributed by atoms with van der Waals surface area (Å²) in [5, 5.41) is 2.95. The molecule has 0 fully saturated rings. The van der Waals surface area contributed by atoms with Crippen LogP contribution >= 0.6 is 0 Å². The van der Waals surface area contributed by atoms with Crippen LogP contribution in [0.5, 0.6) is 5.75 Å². The van der Waals surface area contributed by atoms with Crippen LogP contribution in [0.3, 0.4) is 0 Å². The molecule has 0 radical (unpaired) electrons. The van der Waals surface area contributed by atoms with Crippen molar-refractivity contribution in [3.63, 3.8) is 0 Å². The van der Waals surface area contributed by atoms with E-state index in [1.54, 1.807) is 18.2 Å². The fraction of sp³-hybridized carbons (Fsp3) is 0.440. The van der Waals surface area contributed by atoms with E-state index in [1.165, 1.54) is 6.07 Å². The van der Waals surface area contributed by atoms with Crippen molar-refractivity contribution in [3.05, 3.63) is 59.7 Å². The van der Waals surface area contributed by atoms with Crippen LogP contribution in [0.15, 0.2) is 58.4 Å². The Bertz CT molecular complexity index is 1130. The zero-order chi connectivity index (χ0) is 24.7. The van der Waals surface area contributed by atoms with Gasteiger partial charge in [0.2, 0.25) is 5.91 Å². The molecule has 34 heavy (non-hydrogen) atoms. The van der Waals surface area contributed by atoms with Gasteiger partial charge in [0.1, 0.15) is 24.2 Å². The number of carbonyl (C=O) groups is 1. The minimum Gasteiger partial charge on any atom is -0.492 e. The Balaban J connectivity index is 1.70. The summed E-state index contributed by atoms with van der Waals surface area (Å²) in [4.78, 5) is 20.0. The largest absolute Gasteiger partial charge is 0.492 e. The molecule has 0 unspecified atom stereocenters. The molecule has 2 aromatic carbocycles. The first-order valence-corrected chi connectivity index (χ1v) is 13.2. The Morgan fingerprint density at radius 3 is 2.47 bits per heavy atom. The number of fused-ring (bicyclic) bond motifs is 1. The molecular weight excluding hydrogens is 452 g/mol. The number of sulfonamides is 1. The molecule has 0 saturated heterocycles. The van der Waals surface area contributed by atoms with Gasteiger partial charge in [0, 0.05) is 24.2 Å². The molecule has 1 atom stereocenters. The Labute approximate surface area is 202 Å². The molecule has 1 aliphatic heterocycles. The van der Waals surface area contributed by atoms with Gasteiger partial charge in [-0.3, -0.25) is 14.5 Å². The molecule has 3 rings (SSSR count). The van der Waals surface area contributed by atoms with Gasteiger partial charge in [-0.25, -0.2) is 8.42 Å². The molecule has 1 heterocycles. The van der Waals surface area contributed by atoms with Crippen LogP contribution in [0.1, 0.15) is 38.8 Å². The van der Waals surface area contributed by atoms with Gasteiger partial charge < -0.3 is 15.0 Å². The molecule has 2 N–H and O–H groups in total. The lowest BCUT2D eigenvalue weighted by Crippen LogP contribution is -2.38. The number of rotatable bonds is 11. The van der Waals surface area contributed by atoms with E-state index in [2.05, 4.69) is 33.8 Å². The van der Waals surface area contributed by atoms with Crippen molar-refractivity contribution in [3.8, 4) is 5.75 Å². The van der Waals surface area contributed by atoms with Gasteiger partial charge in [-0.1, -0.05) is 58.0 Å². The molecule has 0 saturated carbocycles. The number of hydrogen-bond donors (Lipinski definition) is 2. The van der Waals surface area contributed by atoms with Gasteiger partial charge in [-0.15, -0.1) is 0 Å². The third-order valence-electron chi connectivity index (χ3n) is 5.82. The van der Waals surface area contributed by atoms with Crippen LogP contribution in [0.25, 0.3) is 0 Å². The summed E-state index contributed by atoms with van der Waals surface area (Å²) >= 11 is 0. The maximum Gasteiger partial charge on any atom is 0.263 e. The number of hydrogen-bond acceptors (Lipinski definition) is 6. The number of nitrogens with one attached hydrogen (secondary N) is 2. The molecular formula is C25H34N4O4S. The second-order valence-corrected chi connectivity index (χ2v) is 10.1. The summed E-state index contributed by atoms with van der Waals surface area (Å²) in [6.07, 6.45) is 0. The fourth-order valence-electron chi connectivity index (χ4n) is 3.78. The average molecular weight is 487 g/mol. The van der Waals surface area contributed by atoms with Crippen LogP contribution in [0, 0.1) is 5.92 Å². The number of nitrogens with zero attached hydrogens (tertiary/aromatic N) is 2. The van der Waals surface area contributed by atoms with E-state index >= 15 is 0 Å². The molecule has 9 heteroatoms. The second kappa shape index (κ2) is 11.5. The minimum atomic E-state index is -3.66. The first kappa shape index (κ1) is 25.7. The molecule has 1 aliphatic rings. The smallest absolute Gasteiger partial charge is 0.263 e.